The number of nitro groups is 2. The van der Waals surface area contributed by atoms with Crippen LogP contribution in [0.15, 0.2) is 40.5 Å². The number of H-pyrrole nitrogens is 1. The summed E-state index contributed by atoms with van der Waals surface area (Å²) in [4.78, 5) is 24.7. The van der Waals surface area contributed by atoms with Gasteiger partial charge in [-0.15, -0.1) is 0 Å². The van der Waals surface area contributed by atoms with Gasteiger partial charge in [0.2, 0.25) is 0 Å². The SMILES string of the molecule is O=[N+]([O-])c1ccc(S(=O)(=O)c2nc([N+](=O)[O-])c[nH]2)cc1. The number of nitrogens with one attached hydrogen (secondary N) is 1. The zero-order valence-corrected chi connectivity index (χ0v) is 10.4. The van der Waals surface area contributed by atoms with Gasteiger partial charge in [-0.2, -0.15) is 0 Å². The zero-order valence-electron chi connectivity index (χ0n) is 9.59. The normalized spacial score (nSPS) is 11.2. The van der Waals surface area contributed by atoms with E-state index >= 15 is 0 Å². The number of imidazole rings is 1. The van der Waals surface area contributed by atoms with Gasteiger partial charge in [-0.25, -0.2) is 8.42 Å². The fraction of sp³-hybridized carbons (Fsp3) is 0. The number of sulfone groups is 1. The van der Waals surface area contributed by atoms with Gasteiger partial charge in [0.05, 0.1) is 9.82 Å². The fourth-order valence-corrected chi connectivity index (χ4v) is 2.53. The molecule has 0 spiro atoms. The van der Waals surface area contributed by atoms with E-state index in [0.717, 1.165) is 30.5 Å². The Morgan fingerprint density at radius 2 is 1.65 bits per heavy atom. The Kier molecular flexibility index (Phi) is 3.19. The van der Waals surface area contributed by atoms with Gasteiger partial charge in [-0.1, -0.05) is 0 Å². The van der Waals surface area contributed by atoms with Crippen molar-refractivity contribution < 1.29 is 18.3 Å². The number of hydrogen-bond donors (Lipinski definition) is 1. The van der Waals surface area contributed by atoms with Crippen molar-refractivity contribution in [1.29, 1.82) is 0 Å². The molecule has 104 valence electrons. The Bertz CT molecular complexity index is 779. The largest absolute Gasteiger partial charge is 0.382 e. The van der Waals surface area contributed by atoms with Gasteiger partial charge in [-0.05, 0) is 22.0 Å². The molecular weight excluding hydrogens is 292 g/mol. The molecule has 2 aromatic rings. The van der Waals surface area contributed by atoms with Crippen LogP contribution >= 0.6 is 0 Å². The lowest BCUT2D eigenvalue weighted by molar-refractivity contribution is -0.389. The molecule has 0 amide bonds. The lowest BCUT2D eigenvalue weighted by atomic mass is 10.3. The van der Waals surface area contributed by atoms with E-state index in [1.807, 2.05) is 0 Å². The van der Waals surface area contributed by atoms with Crippen LogP contribution in [-0.2, 0) is 9.84 Å². The van der Waals surface area contributed by atoms with E-state index in [1.54, 1.807) is 0 Å². The third-order valence-corrected chi connectivity index (χ3v) is 3.95. The highest BCUT2D eigenvalue weighted by molar-refractivity contribution is 7.91. The number of nitro benzene ring substituents is 1. The first kappa shape index (κ1) is 13.6. The standard InChI is InChI=1S/C9H6N4O6S/c14-12(15)6-1-3-7(4-2-6)20(18,19)9-10-5-8(11-9)13(16)17/h1-5H,(H,10,11). The van der Waals surface area contributed by atoms with E-state index in [1.165, 1.54) is 0 Å². The zero-order chi connectivity index (χ0) is 14.9. The molecule has 0 unspecified atom stereocenters. The van der Waals surface area contributed by atoms with Crippen molar-refractivity contribution in [3.05, 3.63) is 50.7 Å². The molecule has 1 aromatic carbocycles. The summed E-state index contributed by atoms with van der Waals surface area (Å²) in [6.45, 7) is 0. The molecule has 2 rings (SSSR count). The van der Waals surface area contributed by atoms with Gasteiger partial charge in [0, 0.05) is 12.1 Å². The van der Waals surface area contributed by atoms with Crippen molar-refractivity contribution in [2.45, 2.75) is 10.1 Å². The molecule has 0 saturated carbocycles. The predicted molar refractivity (Wildman–Crippen MR) is 63.8 cm³/mol. The first-order valence-corrected chi connectivity index (χ1v) is 6.50. The number of hydrogen-bond acceptors (Lipinski definition) is 7. The second-order valence-electron chi connectivity index (χ2n) is 3.58. The molecule has 0 aliphatic heterocycles. The predicted octanol–water partition coefficient (Wildman–Crippen LogP) is 1.06. The Labute approximate surface area is 111 Å². The quantitative estimate of drug-likeness (QED) is 0.654. The van der Waals surface area contributed by atoms with Gasteiger partial charge in [0.15, 0.2) is 0 Å². The molecule has 0 radical (unpaired) electrons. The summed E-state index contributed by atoms with van der Waals surface area (Å²) < 4.78 is 24.1. The van der Waals surface area contributed by atoms with Crippen LogP contribution in [0.5, 0.6) is 0 Å². The highest BCUT2D eigenvalue weighted by Crippen LogP contribution is 2.22. The van der Waals surface area contributed by atoms with Crippen LogP contribution in [0, 0.1) is 20.2 Å². The second kappa shape index (κ2) is 4.70. The van der Waals surface area contributed by atoms with Crippen LogP contribution in [0.25, 0.3) is 0 Å². The maximum atomic E-state index is 12.1. The van der Waals surface area contributed by atoms with Crippen molar-refractivity contribution in [2.24, 2.45) is 0 Å². The van der Waals surface area contributed by atoms with Crippen molar-refractivity contribution in [1.82, 2.24) is 9.97 Å². The van der Waals surface area contributed by atoms with Gasteiger partial charge in [-0.3, -0.25) is 10.1 Å². The Morgan fingerprint density at radius 3 is 2.10 bits per heavy atom. The van der Waals surface area contributed by atoms with Crippen LogP contribution in [0.3, 0.4) is 0 Å². The van der Waals surface area contributed by atoms with Gasteiger partial charge >= 0.3 is 11.0 Å². The molecule has 1 aromatic heterocycles. The maximum Gasteiger partial charge on any atom is 0.382 e. The molecule has 1 heterocycles. The monoisotopic (exact) mass is 298 g/mol. The van der Waals surface area contributed by atoms with Gasteiger partial charge in [0.1, 0.15) is 6.20 Å². The van der Waals surface area contributed by atoms with E-state index in [2.05, 4.69) is 9.97 Å². The fourth-order valence-electron chi connectivity index (χ4n) is 1.38. The topological polar surface area (TPSA) is 149 Å². The Hall–Kier alpha value is -2.82. The number of nitrogens with zero attached hydrogens (tertiary/aromatic N) is 3. The number of aromatic amines is 1. The molecule has 0 saturated heterocycles. The summed E-state index contributed by atoms with van der Waals surface area (Å²) >= 11 is 0. The van der Waals surface area contributed by atoms with E-state index in [-0.39, 0.29) is 10.6 Å². The van der Waals surface area contributed by atoms with Crippen LogP contribution in [0.1, 0.15) is 0 Å². The van der Waals surface area contributed by atoms with Crippen molar-refractivity contribution in [3.63, 3.8) is 0 Å². The summed E-state index contributed by atoms with van der Waals surface area (Å²) in [5, 5.41) is 20.3. The average molecular weight is 298 g/mol. The van der Waals surface area contributed by atoms with E-state index in [4.69, 9.17) is 0 Å². The highest BCUT2D eigenvalue weighted by Gasteiger charge is 2.28. The minimum absolute atomic E-state index is 0.257. The lowest BCUT2D eigenvalue weighted by Crippen LogP contribution is -2.04. The minimum Gasteiger partial charge on any atom is -0.358 e. The van der Waals surface area contributed by atoms with E-state index < -0.39 is 30.7 Å². The average Bonchev–Trinajstić information content (AvgIpc) is 2.89. The van der Waals surface area contributed by atoms with Gasteiger partial charge in [0.25, 0.3) is 15.5 Å². The summed E-state index contributed by atoms with van der Waals surface area (Å²) in [7, 11) is -4.09. The van der Waals surface area contributed by atoms with Crippen LogP contribution < -0.4 is 0 Å². The first-order valence-electron chi connectivity index (χ1n) is 5.02. The molecule has 1 N–H and O–H groups in total. The number of rotatable bonds is 4. The molecule has 10 nitrogen and oxygen atoms in total. The summed E-state index contributed by atoms with van der Waals surface area (Å²) in [6, 6.07) is 4.10. The number of non-ortho nitro benzene ring substituents is 1. The summed E-state index contributed by atoms with van der Waals surface area (Å²) in [5.74, 6) is -0.634. The minimum atomic E-state index is -4.09. The molecular formula is C9H6N4O6S. The Balaban J connectivity index is 2.43. The molecule has 20 heavy (non-hydrogen) atoms. The molecule has 0 atom stereocenters. The van der Waals surface area contributed by atoms with E-state index in [0.29, 0.717) is 0 Å². The third-order valence-electron chi connectivity index (χ3n) is 2.34. The molecule has 0 aliphatic carbocycles. The molecule has 0 bridgehead atoms. The van der Waals surface area contributed by atoms with Crippen LogP contribution in [0.4, 0.5) is 11.5 Å². The smallest absolute Gasteiger partial charge is 0.358 e. The first-order chi connectivity index (χ1) is 9.32. The van der Waals surface area contributed by atoms with Crippen molar-refractivity contribution in [3.8, 4) is 0 Å². The Morgan fingerprint density at radius 1 is 1.05 bits per heavy atom. The number of aromatic nitrogens is 2. The summed E-state index contributed by atoms with van der Waals surface area (Å²) in [5.41, 5.74) is -0.269. The third kappa shape index (κ3) is 2.33. The van der Waals surface area contributed by atoms with Crippen molar-refractivity contribution in [2.75, 3.05) is 0 Å². The van der Waals surface area contributed by atoms with Crippen molar-refractivity contribution >= 4 is 21.3 Å². The van der Waals surface area contributed by atoms with Gasteiger partial charge < -0.3 is 15.1 Å². The summed E-state index contributed by atoms with van der Waals surface area (Å²) in [6.07, 6.45) is 0.846. The molecule has 11 heteroatoms. The molecule has 0 fully saturated rings. The highest BCUT2D eigenvalue weighted by atomic mass is 32.2. The molecule has 0 aliphatic rings. The number of benzene rings is 1. The maximum absolute atomic E-state index is 12.1. The van der Waals surface area contributed by atoms with E-state index in [9.17, 15) is 28.6 Å². The van der Waals surface area contributed by atoms with Crippen LogP contribution in [-0.4, -0.2) is 28.2 Å². The van der Waals surface area contributed by atoms with Crippen LogP contribution in [0.2, 0.25) is 0 Å². The second-order valence-corrected chi connectivity index (χ2v) is 5.44. The lowest BCUT2D eigenvalue weighted by Gasteiger charge is -1.97.